The molecule has 0 saturated heterocycles. The van der Waals surface area contributed by atoms with Crippen LogP contribution in [0.4, 0.5) is 0 Å². The monoisotopic (exact) mass is 323 g/mol. The molecule has 122 valence electrons. The number of nitrogens with zero attached hydrogens (tertiary/aromatic N) is 1. The molecule has 22 heavy (non-hydrogen) atoms. The number of carbonyl (C=O) groups is 1. The van der Waals surface area contributed by atoms with Crippen molar-refractivity contribution in [1.82, 2.24) is 4.90 Å². The van der Waals surface area contributed by atoms with Gasteiger partial charge in [0.2, 0.25) is 5.91 Å². The van der Waals surface area contributed by atoms with Crippen molar-refractivity contribution in [2.75, 3.05) is 13.3 Å². The topological polar surface area (TPSA) is 54.5 Å². The van der Waals surface area contributed by atoms with E-state index in [1.807, 2.05) is 14.0 Å². The maximum Gasteiger partial charge on any atom is 0.225 e. The van der Waals surface area contributed by atoms with E-state index in [4.69, 9.17) is 0 Å². The van der Waals surface area contributed by atoms with Gasteiger partial charge in [0.15, 0.2) is 9.84 Å². The predicted octanol–water partition coefficient (Wildman–Crippen LogP) is 3.19. The third-order valence-electron chi connectivity index (χ3n) is 4.67. The van der Waals surface area contributed by atoms with Crippen LogP contribution in [-0.2, 0) is 14.6 Å². The van der Waals surface area contributed by atoms with E-state index < -0.39 is 9.84 Å². The minimum Gasteiger partial charge on any atom is -0.339 e. The van der Waals surface area contributed by atoms with E-state index in [0.717, 1.165) is 31.2 Å². The molecule has 2 rings (SSSR count). The van der Waals surface area contributed by atoms with Gasteiger partial charge in [-0.1, -0.05) is 31.4 Å². The molecule has 1 amide bonds. The fraction of sp³-hybridized carbons (Fsp3) is 0.588. The number of hydrogen-bond donors (Lipinski definition) is 0. The van der Waals surface area contributed by atoms with Gasteiger partial charge in [-0.25, -0.2) is 8.42 Å². The third-order valence-corrected chi connectivity index (χ3v) is 5.80. The highest BCUT2D eigenvalue weighted by Crippen LogP contribution is 2.28. The Morgan fingerprint density at radius 3 is 2.18 bits per heavy atom. The Labute approximate surface area is 133 Å². The van der Waals surface area contributed by atoms with Gasteiger partial charge in [0.05, 0.1) is 10.9 Å². The molecule has 0 N–H and O–H groups in total. The molecule has 0 radical (unpaired) electrons. The van der Waals surface area contributed by atoms with Gasteiger partial charge in [-0.2, -0.15) is 0 Å². The number of carbonyl (C=O) groups excluding carboxylic acids is 1. The molecule has 0 spiro atoms. The van der Waals surface area contributed by atoms with E-state index in [1.165, 1.54) is 12.7 Å². The molecule has 0 aliphatic heterocycles. The molecule has 1 saturated carbocycles. The van der Waals surface area contributed by atoms with Crippen LogP contribution in [0.1, 0.15) is 50.6 Å². The van der Waals surface area contributed by atoms with Crippen LogP contribution in [0.3, 0.4) is 0 Å². The van der Waals surface area contributed by atoms with Crippen molar-refractivity contribution in [3.8, 4) is 0 Å². The second-order valence-electron chi connectivity index (χ2n) is 6.30. The molecule has 1 aliphatic carbocycles. The lowest BCUT2D eigenvalue weighted by atomic mass is 9.88. The minimum absolute atomic E-state index is 0.0527. The Bertz CT molecular complexity index is 616. The average molecular weight is 323 g/mol. The van der Waals surface area contributed by atoms with Crippen LogP contribution in [0.25, 0.3) is 0 Å². The first-order valence-corrected chi connectivity index (χ1v) is 9.76. The summed E-state index contributed by atoms with van der Waals surface area (Å²) in [4.78, 5) is 14.7. The smallest absolute Gasteiger partial charge is 0.225 e. The predicted molar refractivity (Wildman–Crippen MR) is 87.3 cm³/mol. The van der Waals surface area contributed by atoms with E-state index in [0.29, 0.717) is 4.90 Å². The van der Waals surface area contributed by atoms with E-state index in [1.54, 1.807) is 29.2 Å². The van der Waals surface area contributed by atoms with E-state index in [-0.39, 0.29) is 17.9 Å². The van der Waals surface area contributed by atoms with Crippen LogP contribution in [-0.4, -0.2) is 32.5 Å². The van der Waals surface area contributed by atoms with E-state index in [2.05, 4.69) is 0 Å². The summed E-state index contributed by atoms with van der Waals surface area (Å²) >= 11 is 0. The van der Waals surface area contributed by atoms with Gasteiger partial charge in [-0.05, 0) is 37.5 Å². The van der Waals surface area contributed by atoms with Crippen molar-refractivity contribution in [3.05, 3.63) is 29.8 Å². The zero-order valence-electron chi connectivity index (χ0n) is 13.6. The van der Waals surface area contributed by atoms with Crippen molar-refractivity contribution in [2.24, 2.45) is 5.92 Å². The summed E-state index contributed by atoms with van der Waals surface area (Å²) in [5.74, 6) is 0.357. The highest BCUT2D eigenvalue weighted by molar-refractivity contribution is 7.90. The van der Waals surface area contributed by atoms with Crippen molar-refractivity contribution >= 4 is 15.7 Å². The fourth-order valence-electron chi connectivity index (χ4n) is 3.05. The summed E-state index contributed by atoms with van der Waals surface area (Å²) in [6.45, 7) is 1.98. The maximum atomic E-state index is 12.6. The number of benzene rings is 1. The van der Waals surface area contributed by atoms with Crippen molar-refractivity contribution in [3.63, 3.8) is 0 Å². The first-order chi connectivity index (χ1) is 10.3. The third kappa shape index (κ3) is 3.88. The minimum atomic E-state index is -3.18. The highest BCUT2D eigenvalue weighted by Gasteiger charge is 2.27. The molecule has 1 atom stereocenters. The zero-order valence-corrected chi connectivity index (χ0v) is 14.4. The van der Waals surface area contributed by atoms with Gasteiger partial charge in [0.25, 0.3) is 0 Å². The molecule has 1 unspecified atom stereocenters. The van der Waals surface area contributed by atoms with E-state index >= 15 is 0 Å². The Hall–Kier alpha value is -1.36. The van der Waals surface area contributed by atoms with Crippen molar-refractivity contribution in [2.45, 2.75) is 50.0 Å². The summed E-state index contributed by atoms with van der Waals surface area (Å²) in [6, 6.07) is 6.76. The Balaban J connectivity index is 2.09. The molecule has 5 heteroatoms. The molecule has 1 aliphatic rings. The first kappa shape index (κ1) is 17.0. The number of sulfone groups is 1. The molecular weight excluding hydrogens is 298 g/mol. The molecule has 4 nitrogen and oxygen atoms in total. The highest BCUT2D eigenvalue weighted by atomic mass is 32.2. The molecule has 1 fully saturated rings. The van der Waals surface area contributed by atoms with Gasteiger partial charge < -0.3 is 4.90 Å². The lowest BCUT2D eigenvalue weighted by Gasteiger charge is -2.31. The summed E-state index contributed by atoms with van der Waals surface area (Å²) in [6.07, 6.45) is 6.69. The summed E-state index contributed by atoms with van der Waals surface area (Å²) < 4.78 is 23.0. The van der Waals surface area contributed by atoms with Crippen molar-refractivity contribution in [1.29, 1.82) is 0 Å². The fourth-order valence-corrected chi connectivity index (χ4v) is 3.68. The number of hydrogen-bond acceptors (Lipinski definition) is 3. The lowest BCUT2D eigenvalue weighted by Crippen LogP contribution is -2.35. The molecule has 0 aromatic heterocycles. The lowest BCUT2D eigenvalue weighted by molar-refractivity contribution is -0.137. The van der Waals surface area contributed by atoms with Crippen LogP contribution >= 0.6 is 0 Å². The quantitative estimate of drug-likeness (QED) is 0.855. The second-order valence-corrected chi connectivity index (χ2v) is 8.32. The summed E-state index contributed by atoms with van der Waals surface area (Å²) in [7, 11) is -1.34. The molecular formula is C17H25NO3S. The molecule has 0 bridgehead atoms. The van der Waals surface area contributed by atoms with Crippen LogP contribution in [0.2, 0.25) is 0 Å². The number of amides is 1. The standard InChI is InChI=1S/C17H25NO3S/c1-13(14-9-11-16(12-10-14)22(3,20)21)18(2)17(19)15-7-5-4-6-8-15/h9-13,15H,4-8H2,1-3H3. The normalized spacial score (nSPS) is 18.0. The maximum absolute atomic E-state index is 12.6. The Morgan fingerprint density at radius 1 is 1.14 bits per heavy atom. The van der Waals surface area contributed by atoms with Crippen LogP contribution in [0.5, 0.6) is 0 Å². The zero-order chi connectivity index (χ0) is 16.3. The van der Waals surface area contributed by atoms with Crippen LogP contribution in [0.15, 0.2) is 29.2 Å². The SMILES string of the molecule is CC(c1ccc(S(C)(=O)=O)cc1)N(C)C(=O)C1CCCCC1. The summed E-state index contributed by atoms with van der Waals surface area (Å²) in [5.41, 5.74) is 0.957. The van der Waals surface area contributed by atoms with Gasteiger partial charge >= 0.3 is 0 Å². The first-order valence-electron chi connectivity index (χ1n) is 7.87. The van der Waals surface area contributed by atoms with Gasteiger partial charge in [0, 0.05) is 19.2 Å². The van der Waals surface area contributed by atoms with Gasteiger partial charge in [-0.15, -0.1) is 0 Å². The number of rotatable bonds is 4. The van der Waals surface area contributed by atoms with Crippen molar-refractivity contribution < 1.29 is 13.2 Å². The largest absolute Gasteiger partial charge is 0.339 e. The summed E-state index contributed by atoms with van der Waals surface area (Å²) in [5, 5.41) is 0. The van der Waals surface area contributed by atoms with Gasteiger partial charge in [-0.3, -0.25) is 4.79 Å². The average Bonchev–Trinajstić information content (AvgIpc) is 2.53. The van der Waals surface area contributed by atoms with Gasteiger partial charge in [0.1, 0.15) is 0 Å². The Kier molecular flexibility index (Phi) is 5.27. The Morgan fingerprint density at radius 2 is 1.68 bits per heavy atom. The second kappa shape index (κ2) is 6.82. The molecule has 1 aromatic carbocycles. The van der Waals surface area contributed by atoms with E-state index in [9.17, 15) is 13.2 Å². The molecule has 1 aromatic rings. The van der Waals surface area contributed by atoms with Crippen LogP contribution < -0.4 is 0 Å². The molecule has 0 heterocycles. The van der Waals surface area contributed by atoms with Crippen LogP contribution in [0, 0.1) is 5.92 Å².